The highest BCUT2D eigenvalue weighted by atomic mass is 16.3. The van der Waals surface area contributed by atoms with Gasteiger partial charge in [0.25, 0.3) is 0 Å². The van der Waals surface area contributed by atoms with E-state index in [0.29, 0.717) is 6.54 Å². The number of urea groups is 1. The van der Waals surface area contributed by atoms with E-state index in [4.69, 9.17) is 4.42 Å². The summed E-state index contributed by atoms with van der Waals surface area (Å²) in [5, 5.41) is 2.30. The Kier molecular flexibility index (Phi) is 4.36. The Morgan fingerprint density at radius 3 is 2.76 bits per heavy atom. The number of furan rings is 1. The largest absolute Gasteiger partial charge is 0.467 e. The number of imide groups is 1. The highest BCUT2D eigenvalue weighted by Crippen LogP contribution is 2.12. The predicted molar refractivity (Wildman–Crippen MR) is 69.6 cm³/mol. The molecule has 1 saturated heterocycles. The number of hydrogen-bond donors (Lipinski definition) is 1. The van der Waals surface area contributed by atoms with E-state index >= 15 is 0 Å². The van der Waals surface area contributed by atoms with Crippen molar-refractivity contribution < 1.29 is 23.6 Å². The molecule has 1 aromatic rings. The fourth-order valence-electron chi connectivity index (χ4n) is 1.99. The zero-order valence-electron chi connectivity index (χ0n) is 11.4. The molecule has 111 valence electrons. The normalized spacial score (nSPS) is 16.8. The zero-order chi connectivity index (χ0) is 15.4. The molecule has 0 bridgehead atoms. The van der Waals surface area contributed by atoms with E-state index in [9.17, 15) is 19.2 Å². The van der Waals surface area contributed by atoms with Gasteiger partial charge in [-0.3, -0.25) is 19.3 Å². The van der Waals surface area contributed by atoms with E-state index in [1.807, 2.05) is 0 Å². The number of hydrogen-bond acceptors (Lipinski definition) is 5. The highest BCUT2D eigenvalue weighted by Gasteiger charge is 2.36. The topological polar surface area (TPSA) is 99.9 Å². The van der Waals surface area contributed by atoms with Gasteiger partial charge in [-0.1, -0.05) is 0 Å². The molecule has 0 aliphatic carbocycles. The molecule has 1 unspecified atom stereocenters. The predicted octanol–water partition coefficient (Wildman–Crippen LogP) is -0.169. The average Bonchev–Trinajstić information content (AvgIpc) is 3.01. The maximum atomic E-state index is 12.0. The summed E-state index contributed by atoms with van der Waals surface area (Å²) in [6, 6.07) is 1.10. The van der Waals surface area contributed by atoms with Crippen LogP contribution in [0.5, 0.6) is 0 Å². The van der Waals surface area contributed by atoms with Crippen molar-refractivity contribution in [1.29, 1.82) is 0 Å². The third kappa shape index (κ3) is 2.93. The molecule has 8 heteroatoms. The molecule has 0 aromatic carbocycles. The van der Waals surface area contributed by atoms with Gasteiger partial charge < -0.3 is 14.6 Å². The van der Waals surface area contributed by atoms with Gasteiger partial charge in [0.15, 0.2) is 6.04 Å². The third-order valence-electron chi connectivity index (χ3n) is 3.15. The number of nitrogens with one attached hydrogen (secondary N) is 1. The minimum absolute atomic E-state index is 0.0774. The van der Waals surface area contributed by atoms with Gasteiger partial charge in [-0.2, -0.15) is 0 Å². The summed E-state index contributed by atoms with van der Waals surface area (Å²) in [7, 11) is 0. The molecule has 1 atom stereocenters. The second kappa shape index (κ2) is 6.21. The molecule has 2 heterocycles. The van der Waals surface area contributed by atoms with Gasteiger partial charge in [-0.25, -0.2) is 4.79 Å². The Labute approximate surface area is 120 Å². The minimum Gasteiger partial charge on any atom is -0.467 e. The van der Waals surface area contributed by atoms with Crippen molar-refractivity contribution in [3.8, 4) is 0 Å². The highest BCUT2D eigenvalue weighted by molar-refractivity contribution is 6.38. The van der Waals surface area contributed by atoms with Gasteiger partial charge in [0.1, 0.15) is 5.76 Å². The molecule has 4 amide bonds. The summed E-state index contributed by atoms with van der Waals surface area (Å²) in [6.07, 6.45) is 2.96. The van der Waals surface area contributed by atoms with Crippen LogP contribution in [0.15, 0.2) is 22.8 Å². The first-order valence-electron chi connectivity index (χ1n) is 6.40. The van der Waals surface area contributed by atoms with Gasteiger partial charge in [0, 0.05) is 19.6 Å². The van der Waals surface area contributed by atoms with Crippen LogP contribution in [-0.4, -0.2) is 53.6 Å². The molecule has 1 radical (unpaired) electrons. The number of carbonyl (C=O) groups excluding carboxylic acids is 4. The van der Waals surface area contributed by atoms with Crippen LogP contribution in [0, 0.1) is 0 Å². The first-order valence-corrected chi connectivity index (χ1v) is 6.40. The zero-order valence-corrected chi connectivity index (χ0v) is 11.4. The molecule has 1 fully saturated rings. The van der Waals surface area contributed by atoms with E-state index in [0.717, 1.165) is 4.90 Å². The second-order valence-electron chi connectivity index (χ2n) is 4.36. The SMILES string of the molecule is CCN1CCN(C(=O)NC([C]=O)c2ccco2)C(=O)C1=O. The molecule has 2 rings (SSSR count). The lowest BCUT2D eigenvalue weighted by molar-refractivity contribution is -0.153. The average molecular weight is 292 g/mol. The lowest BCUT2D eigenvalue weighted by atomic mass is 10.2. The summed E-state index contributed by atoms with van der Waals surface area (Å²) in [6.45, 7) is 2.49. The molecule has 21 heavy (non-hydrogen) atoms. The molecule has 1 aliphatic heterocycles. The molecule has 1 aromatic heterocycles. The van der Waals surface area contributed by atoms with Gasteiger partial charge in [0.2, 0.25) is 6.29 Å². The molecule has 1 N–H and O–H groups in total. The molecule has 0 spiro atoms. The standard InChI is InChI=1S/C13H14N3O5/c1-2-15-5-6-16(12(19)11(15)18)13(20)14-9(8-17)10-4-3-7-21-10/h3-4,7,9H,2,5-6H2,1H3,(H,14,20). The molecule has 1 aliphatic rings. The smallest absolute Gasteiger partial charge is 0.325 e. The Hall–Kier alpha value is -2.64. The van der Waals surface area contributed by atoms with Crippen LogP contribution < -0.4 is 5.32 Å². The second-order valence-corrected chi connectivity index (χ2v) is 4.36. The summed E-state index contributed by atoms with van der Waals surface area (Å²) in [5.74, 6) is -1.45. The lowest BCUT2D eigenvalue weighted by Crippen LogP contribution is -2.58. The first-order chi connectivity index (χ1) is 10.1. The number of nitrogens with zero attached hydrogens (tertiary/aromatic N) is 2. The van der Waals surface area contributed by atoms with Crippen LogP contribution >= 0.6 is 0 Å². The van der Waals surface area contributed by atoms with E-state index in [2.05, 4.69) is 5.32 Å². The summed E-state index contributed by atoms with van der Waals surface area (Å²) in [5.41, 5.74) is 0. The Morgan fingerprint density at radius 2 is 2.19 bits per heavy atom. The summed E-state index contributed by atoms with van der Waals surface area (Å²) >= 11 is 0. The third-order valence-corrected chi connectivity index (χ3v) is 3.15. The van der Waals surface area contributed by atoms with Crippen LogP contribution in [0.25, 0.3) is 0 Å². The Bertz CT molecular complexity index is 554. The van der Waals surface area contributed by atoms with E-state index in [1.54, 1.807) is 19.3 Å². The van der Waals surface area contributed by atoms with E-state index in [1.165, 1.54) is 17.2 Å². The molecule has 0 saturated carbocycles. The van der Waals surface area contributed by atoms with Crippen molar-refractivity contribution in [3.05, 3.63) is 24.2 Å². The van der Waals surface area contributed by atoms with Crippen LogP contribution in [0.4, 0.5) is 4.79 Å². The lowest BCUT2D eigenvalue weighted by Gasteiger charge is -2.32. The van der Waals surface area contributed by atoms with Crippen molar-refractivity contribution in [2.75, 3.05) is 19.6 Å². The number of carbonyl (C=O) groups is 3. The van der Waals surface area contributed by atoms with Crippen molar-refractivity contribution in [3.63, 3.8) is 0 Å². The van der Waals surface area contributed by atoms with Crippen LogP contribution in [0.2, 0.25) is 0 Å². The van der Waals surface area contributed by atoms with Crippen molar-refractivity contribution in [2.45, 2.75) is 13.0 Å². The first kappa shape index (κ1) is 14.8. The quantitative estimate of drug-likeness (QED) is 0.777. The van der Waals surface area contributed by atoms with Crippen LogP contribution in [0.1, 0.15) is 18.7 Å². The number of likely N-dealkylation sites (N-methyl/N-ethyl adjacent to an activating group) is 1. The van der Waals surface area contributed by atoms with Crippen molar-refractivity contribution >= 4 is 24.1 Å². The monoisotopic (exact) mass is 292 g/mol. The van der Waals surface area contributed by atoms with Gasteiger partial charge in [0.05, 0.1) is 6.26 Å². The Morgan fingerprint density at radius 1 is 1.43 bits per heavy atom. The van der Waals surface area contributed by atoms with E-state index in [-0.39, 0.29) is 18.8 Å². The Balaban J connectivity index is 2.05. The number of rotatable bonds is 4. The minimum atomic E-state index is -1.13. The van der Waals surface area contributed by atoms with Gasteiger partial charge in [-0.05, 0) is 19.1 Å². The fraction of sp³-hybridized carbons (Fsp3) is 0.385. The van der Waals surface area contributed by atoms with Crippen molar-refractivity contribution in [2.24, 2.45) is 0 Å². The molecular formula is C13H14N3O5. The maximum absolute atomic E-state index is 12.0. The number of amides is 4. The van der Waals surface area contributed by atoms with Crippen LogP contribution in [0.3, 0.4) is 0 Å². The number of piperazine rings is 1. The maximum Gasteiger partial charge on any atom is 0.325 e. The fourth-order valence-corrected chi connectivity index (χ4v) is 1.99. The molecule has 8 nitrogen and oxygen atoms in total. The summed E-state index contributed by atoms with van der Waals surface area (Å²) < 4.78 is 5.00. The molecular weight excluding hydrogens is 278 g/mol. The van der Waals surface area contributed by atoms with Gasteiger partial charge in [-0.15, -0.1) is 0 Å². The van der Waals surface area contributed by atoms with Crippen LogP contribution in [-0.2, 0) is 14.4 Å². The van der Waals surface area contributed by atoms with Gasteiger partial charge >= 0.3 is 17.8 Å². The van der Waals surface area contributed by atoms with Crippen molar-refractivity contribution in [1.82, 2.24) is 15.1 Å². The summed E-state index contributed by atoms with van der Waals surface area (Å²) in [4.78, 5) is 48.6. The van der Waals surface area contributed by atoms with E-state index < -0.39 is 23.9 Å².